The van der Waals surface area contributed by atoms with Crippen molar-refractivity contribution in [2.24, 2.45) is 0 Å². The van der Waals surface area contributed by atoms with Gasteiger partial charge in [0.25, 0.3) is 0 Å². The van der Waals surface area contributed by atoms with Gasteiger partial charge in [0.15, 0.2) is 0 Å². The summed E-state index contributed by atoms with van der Waals surface area (Å²) in [5.41, 5.74) is 0.588. The van der Waals surface area contributed by atoms with Gasteiger partial charge in [-0.2, -0.15) is 4.31 Å². The van der Waals surface area contributed by atoms with Crippen molar-refractivity contribution in [1.29, 1.82) is 0 Å². The fraction of sp³-hybridized carbons (Fsp3) is 0.150. The van der Waals surface area contributed by atoms with E-state index >= 15 is 0 Å². The lowest BCUT2D eigenvalue weighted by Crippen LogP contribution is -2.40. The number of amides is 1. The van der Waals surface area contributed by atoms with Crippen molar-refractivity contribution in [3.8, 4) is 0 Å². The molecule has 9 heteroatoms. The molecule has 1 amide bonds. The van der Waals surface area contributed by atoms with Crippen LogP contribution in [-0.2, 0) is 27.9 Å². The fourth-order valence-corrected chi connectivity index (χ4v) is 4.31. The minimum atomic E-state index is -3.97. The lowest BCUT2D eigenvalue weighted by atomic mass is 10.2. The predicted octanol–water partition coefficient (Wildman–Crippen LogP) is 4.09. The number of hydrogen-bond donors (Lipinski definition) is 1. The lowest BCUT2D eigenvalue weighted by Gasteiger charge is -2.22. The van der Waals surface area contributed by atoms with Gasteiger partial charge in [-0.25, -0.2) is 8.42 Å². The molecule has 1 N–H and O–H groups in total. The van der Waals surface area contributed by atoms with Crippen molar-refractivity contribution < 1.29 is 17.6 Å². The summed E-state index contributed by atoms with van der Waals surface area (Å²) in [5, 5.41) is 3.49. The average Bonchev–Trinajstić information content (AvgIpc) is 3.21. The molecule has 29 heavy (non-hydrogen) atoms. The molecule has 0 saturated carbocycles. The summed E-state index contributed by atoms with van der Waals surface area (Å²) >= 11 is 12.1. The van der Waals surface area contributed by atoms with Crippen LogP contribution in [0.1, 0.15) is 11.3 Å². The van der Waals surface area contributed by atoms with Crippen molar-refractivity contribution in [3.05, 3.63) is 88.3 Å². The number of carbonyl (C=O) groups is 1. The van der Waals surface area contributed by atoms with Gasteiger partial charge in [0.05, 0.1) is 24.2 Å². The van der Waals surface area contributed by atoms with Crippen LogP contribution in [0, 0.1) is 0 Å². The molecular formula is C20H18Cl2N2O4S. The van der Waals surface area contributed by atoms with E-state index in [9.17, 15) is 13.2 Å². The number of furan rings is 1. The third kappa shape index (κ3) is 5.61. The number of nitrogens with zero attached hydrogens (tertiary/aromatic N) is 1. The average molecular weight is 453 g/mol. The van der Waals surface area contributed by atoms with Crippen molar-refractivity contribution in [3.63, 3.8) is 0 Å². The predicted molar refractivity (Wildman–Crippen MR) is 111 cm³/mol. The van der Waals surface area contributed by atoms with Gasteiger partial charge in [-0.3, -0.25) is 4.79 Å². The van der Waals surface area contributed by atoms with Crippen LogP contribution in [0.4, 0.5) is 0 Å². The monoisotopic (exact) mass is 452 g/mol. The van der Waals surface area contributed by atoms with E-state index in [0.717, 1.165) is 4.31 Å². The highest BCUT2D eigenvalue weighted by atomic mass is 35.5. The topological polar surface area (TPSA) is 79.6 Å². The van der Waals surface area contributed by atoms with Crippen LogP contribution >= 0.6 is 23.2 Å². The summed E-state index contributed by atoms with van der Waals surface area (Å²) in [6.07, 6.45) is 1.50. The zero-order valence-corrected chi connectivity index (χ0v) is 17.5. The summed E-state index contributed by atoms with van der Waals surface area (Å²) < 4.78 is 32.6. The van der Waals surface area contributed by atoms with E-state index in [4.69, 9.17) is 27.6 Å². The molecule has 0 aliphatic carbocycles. The summed E-state index contributed by atoms with van der Waals surface area (Å²) in [6.45, 7) is -0.275. The van der Waals surface area contributed by atoms with Crippen LogP contribution in [0.3, 0.4) is 0 Å². The number of sulfonamides is 1. The summed E-state index contributed by atoms with van der Waals surface area (Å²) in [6, 6.07) is 16.1. The highest BCUT2D eigenvalue weighted by Gasteiger charge is 2.27. The molecule has 2 aromatic carbocycles. The fourth-order valence-electron chi connectivity index (χ4n) is 2.61. The van der Waals surface area contributed by atoms with Crippen LogP contribution in [0.15, 0.2) is 76.2 Å². The van der Waals surface area contributed by atoms with Crippen LogP contribution in [0.25, 0.3) is 0 Å². The van der Waals surface area contributed by atoms with Crippen molar-refractivity contribution in [2.75, 3.05) is 6.54 Å². The molecule has 0 atom stereocenters. The third-order valence-electron chi connectivity index (χ3n) is 4.12. The Morgan fingerprint density at radius 3 is 2.38 bits per heavy atom. The first kappa shape index (κ1) is 21.4. The molecule has 0 spiro atoms. The molecule has 0 aliphatic heterocycles. The SMILES string of the molecule is O=C(CN(Cc1ccccc1Cl)S(=O)(=O)c1ccc(Cl)cc1)NCc1ccco1. The van der Waals surface area contributed by atoms with Gasteiger partial charge in [0.2, 0.25) is 15.9 Å². The molecule has 0 radical (unpaired) electrons. The van der Waals surface area contributed by atoms with Gasteiger partial charge < -0.3 is 9.73 Å². The first-order valence-corrected chi connectivity index (χ1v) is 10.8. The maximum atomic E-state index is 13.2. The Kier molecular flexibility index (Phi) is 6.97. The number of halogens is 2. The molecule has 0 aliphatic rings. The summed E-state index contributed by atoms with van der Waals surface area (Å²) in [5.74, 6) is 0.0996. The van der Waals surface area contributed by atoms with Crippen molar-refractivity contribution >= 4 is 39.1 Å². The first-order chi connectivity index (χ1) is 13.9. The molecule has 1 aromatic heterocycles. The Balaban J connectivity index is 1.83. The van der Waals surface area contributed by atoms with E-state index in [1.54, 1.807) is 36.4 Å². The standard InChI is InChI=1S/C20H18Cl2N2O4S/c21-16-7-9-18(10-8-16)29(26,27)24(13-15-4-1-2-6-19(15)22)14-20(25)23-12-17-5-3-11-28-17/h1-11H,12-14H2,(H,23,25). The van der Waals surface area contributed by atoms with E-state index < -0.39 is 15.9 Å². The molecular weight excluding hydrogens is 435 g/mol. The van der Waals surface area contributed by atoms with Crippen LogP contribution in [0.2, 0.25) is 10.0 Å². The quantitative estimate of drug-likeness (QED) is 0.557. The molecule has 0 unspecified atom stereocenters. The van der Waals surface area contributed by atoms with Crippen LogP contribution in [-0.4, -0.2) is 25.2 Å². The molecule has 152 valence electrons. The van der Waals surface area contributed by atoms with E-state index in [2.05, 4.69) is 5.32 Å². The highest BCUT2D eigenvalue weighted by molar-refractivity contribution is 7.89. The molecule has 0 bridgehead atoms. The number of hydrogen-bond acceptors (Lipinski definition) is 4. The normalized spacial score (nSPS) is 11.6. The second-order valence-corrected chi connectivity index (χ2v) is 8.96. The smallest absolute Gasteiger partial charge is 0.243 e. The number of nitrogens with one attached hydrogen (secondary N) is 1. The number of carbonyl (C=O) groups excluding carboxylic acids is 1. The van der Waals surface area contributed by atoms with Crippen LogP contribution in [0.5, 0.6) is 0 Å². The Hall–Kier alpha value is -2.32. The first-order valence-electron chi connectivity index (χ1n) is 8.64. The number of benzene rings is 2. The maximum absolute atomic E-state index is 13.2. The van der Waals surface area contributed by atoms with Gasteiger partial charge in [0, 0.05) is 16.6 Å². The Morgan fingerprint density at radius 1 is 1.00 bits per heavy atom. The molecule has 1 heterocycles. The summed E-state index contributed by atoms with van der Waals surface area (Å²) in [7, 11) is -3.97. The Morgan fingerprint density at radius 2 is 1.72 bits per heavy atom. The molecule has 3 aromatic rings. The Bertz CT molecular complexity index is 1070. The van der Waals surface area contributed by atoms with Gasteiger partial charge in [-0.05, 0) is 48.0 Å². The zero-order valence-electron chi connectivity index (χ0n) is 15.2. The van der Waals surface area contributed by atoms with E-state index in [1.807, 2.05) is 0 Å². The maximum Gasteiger partial charge on any atom is 0.243 e. The number of rotatable bonds is 8. The minimum absolute atomic E-state index is 0.0350. The second-order valence-electron chi connectivity index (χ2n) is 6.17. The van der Waals surface area contributed by atoms with Gasteiger partial charge in [0.1, 0.15) is 5.76 Å². The molecule has 3 rings (SSSR count). The summed E-state index contributed by atoms with van der Waals surface area (Å²) in [4.78, 5) is 12.5. The van der Waals surface area contributed by atoms with Crippen molar-refractivity contribution in [2.45, 2.75) is 18.0 Å². The molecule has 6 nitrogen and oxygen atoms in total. The highest BCUT2D eigenvalue weighted by Crippen LogP contribution is 2.23. The van der Waals surface area contributed by atoms with Crippen LogP contribution < -0.4 is 5.32 Å². The van der Waals surface area contributed by atoms with E-state index in [-0.39, 0.29) is 24.5 Å². The Labute approximate surface area is 179 Å². The largest absolute Gasteiger partial charge is 0.467 e. The molecule has 0 fully saturated rings. The lowest BCUT2D eigenvalue weighted by molar-refractivity contribution is -0.121. The zero-order chi connectivity index (χ0) is 20.9. The molecule has 0 saturated heterocycles. The van der Waals surface area contributed by atoms with Gasteiger partial charge in [-0.15, -0.1) is 0 Å². The second kappa shape index (κ2) is 9.45. The minimum Gasteiger partial charge on any atom is -0.467 e. The van der Waals surface area contributed by atoms with Gasteiger partial charge >= 0.3 is 0 Å². The van der Waals surface area contributed by atoms with Gasteiger partial charge in [-0.1, -0.05) is 41.4 Å². The van der Waals surface area contributed by atoms with Crippen molar-refractivity contribution in [1.82, 2.24) is 9.62 Å². The third-order valence-corrected chi connectivity index (χ3v) is 6.54. The van der Waals surface area contributed by atoms with E-state index in [1.165, 1.54) is 30.5 Å². The van der Waals surface area contributed by atoms with E-state index in [0.29, 0.717) is 21.4 Å².